The van der Waals surface area contributed by atoms with E-state index in [1.54, 1.807) is 81.9 Å². The first-order valence-corrected chi connectivity index (χ1v) is 40.1. The second-order valence-electron chi connectivity index (χ2n) is 27.2. The van der Waals surface area contributed by atoms with Crippen molar-refractivity contribution in [1.82, 2.24) is 77.2 Å². The van der Waals surface area contributed by atoms with Gasteiger partial charge in [-0.3, -0.25) is 31.9 Å². The number of aromatic amines is 1. The molecule has 0 atom stereocenters. The van der Waals surface area contributed by atoms with Gasteiger partial charge in [0.2, 0.25) is 0 Å². The maximum Gasteiger partial charge on any atom is 1.00 e. The molecule has 0 saturated heterocycles. The van der Waals surface area contributed by atoms with E-state index in [1.165, 1.54) is 32.8 Å². The fourth-order valence-electron chi connectivity index (χ4n) is 14.6. The molecule has 31 heteroatoms. The summed E-state index contributed by atoms with van der Waals surface area (Å²) in [6.45, 7) is 3.18. The molecular weight excluding hydrogens is 2090 g/mol. The summed E-state index contributed by atoms with van der Waals surface area (Å²) in [7, 11) is 3.42. The zero-order chi connectivity index (χ0) is 86.9. The Hall–Kier alpha value is -10.8. The number of aromatic hydroxyl groups is 1. The molecule has 4 N–H and O–H groups in total. The van der Waals surface area contributed by atoms with Crippen molar-refractivity contribution >= 4 is 199 Å². The molecule has 23 rings (SSSR count). The number of hydrogen-bond acceptors (Lipinski definition) is 17. The van der Waals surface area contributed by atoms with Gasteiger partial charge in [0, 0.05) is 164 Å². The number of pyridine rings is 9. The van der Waals surface area contributed by atoms with E-state index in [4.69, 9.17) is 37.2 Å². The largest absolute Gasteiger partial charge is 1.00 e. The van der Waals surface area contributed by atoms with Crippen molar-refractivity contribution in [3.05, 3.63) is 362 Å². The maximum absolute atomic E-state index is 9.65. The summed E-state index contributed by atoms with van der Waals surface area (Å²) in [6.07, 6.45) is 25.4. The van der Waals surface area contributed by atoms with E-state index in [9.17, 15) is 9.50 Å². The molecule has 0 aliphatic carbocycles. The molecule has 24 nitrogen and oxygen atoms in total. The molecule has 23 aromatic rings. The number of methoxy groups -OCH3 is 1. The molecule has 636 valence electrons. The number of nitrogens with zero attached hydrogens (tertiary/aromatic N) is 15. The molecule has 0 spiro atoms. The molecule has 8 aromatic carbocycles. The quantitative estimate of drug-likeness (QED) is 0.0274. The minimum absolute atomic E-state index is 0. The number of para-hydroxylation sites is 2. The number of carboxylic acid groups (broad SMARTS) is 1. The second-order valence-corrected chi connectivity index (χ2v) is 29.2. The topological polar surface area (TPSA) is 290 Å². The number of nitrogens with one attached hydrogen (secondary N) is 1. The fourth-order valence-corrected chi connectivity index (χ4v) is 15.3. The molecule has 0 aliphatic rings. The third-order valence-electron chi connectivity index (χ3n) is 19.6. The van der Waals surface area contributed by atoms with Gasteiger partial charge in [-0.05, 0) is 209 Å². The molecule has 0 bridgehead atoms. The number of halogens is 5. The van der Waals surface area contributed by atoms with Crippen LogP contribution in [-0.2, 0) is 14.5 Å². The Morgan fingerprint density at radius 1 is 0.450 bits per heavy atom. The van der Waals surface area contributed by atoms with E-state index in [2.05, 4.69) is 234 Å². The summed E-state index contributed by atoms with van der Waals surface area (Å²) in [4.78, 5) is 68.4. The molecule has 15 heterocycles. The van der Waals surface area contributed by atoms with Gasteiger partial charge in [-0.2, -0.15) is 7.18 Å². The summed E-state index contributed by atoms with van der Waals surface area (Å²) < 4.78 is 38.8. The van der Waals surface area contributed by atoms with Crippen molar-refractivity contribution in [3.63, 3.8) is 0 Å². The first-order chi connectivity index (χ1) is 61.2. The van der Waals surface area contributed by atoms with Gasteiger partial charge in [0.05, 0.1) is 34.2 Å². The third kappa shape index (κ3) is 22.6. The Morgan fingerprint density at radius 2 is 0.860 bits per heavy atom. The maximum atomic E-state index is 9.65. The summed E-state index contributed by atoms with van der Waals surface area (Å²) >= 11 is 12.3. The van der Waals surface area contributed by atoms with Crippen LogP contribution in [0.25, 0.3) is 150 Å². The summed E-state index contributed by atoms with van der Waals surface area (Å²) in [6, 6.07) is 82.8. The first kappa shape index (κ1) is 98.8. The van der Waals surface area contributed by atoms with Crippen molar-refractivity contribution in [3.8, 4) is 46.0 Å². The number of phenolic OH excluding ortho intramolecular Hbond substituents is 1. The number of hydrogen-bond donors (Lipinski definition) is 4. The SMILES string of the molecule is Br.Brc1ccc2c3ccccc3n(-c3ccccn3)c2c1.C.C.CC(=O)O.COc1ccc2c3cccnc3n3ccnc3c2c1.Cc1cccc(-c2ncc[nH]2)c1.Clc1cccnc1Br.Oc1ccc2c3cccnc3n3ccnc3c2c1.[2H]OOC=O.[CH2-]F.[Cs+].[Cs+].c1ccc(-n2c3ccccc3c3ccc(Oc4ccc5c6cccnc6n6ccnc6c5c4)cc32)nc1. The number of rotatable bonds is 8. The number of aliphatic carboxylic acids is 1. The number of carboxylic acids is 1. The van der Waals surface area contributed by atoms with Crippen LogP contribution in [0.4, 0.5) is 4.39 Å². The Balaban J connectivity index is 0.000000165. The van der Waals surface area contributed by atoms with E-state index >= 15 is 0 Å². The Kier molecular flexibility index (Phi) is 36.5. The molecule has 0 aliphatic heterocycles. The Morgan fingerprint density at radius 3 is 1.31 bits per heavy atom. The molecule has 15 aromatic heterocycles. The van der Waals surface area contributed by atoms with Crippen LogP contribution in [0.1, 0.15) is 27.3 Å². The number of carbonyl (C=O) groups excluding carboxylic acids is 1. The smallest absolute Gasteiger partial charge is 0.508 e. The van der Waals surface area contributed by atoms with Crippen LogP contribution >= 0.6 is 60.4 Å². The zero-order valence-electron chi connectivity index (χ0n) is 69.5. The van der Waals surface area contributed by atoms with Crippen molar-refractivity contribution in [2.45, 2.75) is 28.7 Å². The predicted octanol–water partition coefficient (Wildman–Crippen LogP) is 19.3. The Bertz CT molecular complexity index is 7760. The second kappa shape index (κ2) is 47.6. The van der Waals surface area contributed by atoms with Gasteiger partial charge < -0.3 is 33.9 Å². The van der Waals surface area contributed by atoms with Gasteiger partial charge in [0.25, 0.3) is 7.40 Å². The molecule has 0 radical (unpaired) electrons. The number of phenols is 1. The predicted molar refractivity (Wildman–Crippen MR) is 516 cm³/mol. The zero-order valence-corrected chi connectivity index (χ0v) is 86.7. The molecule has 0 unspecified atom stereocenters. The van der Waals surface area contributed by atoms with Crippen LogP contribution in [0.5, 0.6) is 23.0 Å². The molecule has 129 heavy (non-hydrogen) atoms. The van der Waals surface area contributed by atoms with Gasteiger partial charge in [-0.1, -0.05) is 121 Å². The number of aromatic nitrogens is 16. The summed E-state index contributed by atoms with van der Waals surface area (Å²) in [5.74, 6) is 4.50. The minimum atomic E-state index is -0.833. The van der Waals surface area contributed by atoms with Gasteiger partial charge in [-0.25, -0.2) is 55.1 Å². The van der Waals surface area contributed by atoms with E-state index in [-0.39, 0.29) is 182 Å². The van der Waals surface area contributed by atoms with Gasteiger partial charge in [0.1, 0.15) is 78.9 Å². The van der Waals surface area contributed by atoms with E-state index in [0.29, 0.717) is 9.63 Å². The molecule has 0 fully saturated rings. The number of imidazole rings is 4. The number of ether oxygens (including phenoxy) is 2. The van der Waals surface area contributed by atoms with Crippen molar-refractivity contribution in [2.24, 2.45) is 0 Å². The summed E-state index contributed by atoms with van der Waals surface area (Å²) in [5, 5.41) is 35.2. The number of benzene rings is 8. The van der Waals surface area contributed by atoms with Crippen molar-refractivity contribution < 1.29 is 182 Å². The standard InChI is InChI=1S/C31H19N5O.C17H11BrN2.C15H11N3O.C14H9N3O.C10H10N2.C5H3BrClN.C2H4O2.CH2F.CH2O3.2CH4.BrH.2Cs/c1-2-8-27-23(6-1)24-13-11-21(19-28(24)36(27)29-9-3-4-14-32-29)37-20-10-12-22-25-7-5-15-33-30(25)35-17-16-34-31(35)26(22)18-20;18-12-8-9-14-13-5-1-2-6-15(13)20(16(14)11-12)17-7-3-4-10-19-17;1-19-10-4-5-11-12-3-2-6-16-14(12)18-8-7-17-15(18)13(11)9-10;18-9-3-4-10-11-2-1-5-15-13(11)17-7-6-16-14(17)12(10)8-9;1-8-3-2-4-9(7-8)10-11-5-6-12-10;6-5-4(7)2-1-3-8-5;1-2(3)4;1-2;2-1-4-3;;;;;/h1-19H;1-11H;2-9H,1H3;1-8,18H;2-7H,1H3,(H,11,12);1-3H;1H3,(H,3,4);1H2;1,3H;2*1H4;1H;;/q;;;;;;;-1;;;;;2*+1/i/hD. The van der Waals surface area contributed by atoms with Crippen LogP contribution in [0, 0.1) is 14.1 Å². The fraction of sp³-hybridized carbons (Fsp3) is 0.0510. The molecule has 0 amide bonds. The number of aryl methyl sites for hydroxylation is 1. The monoisotopic (exact) mass is 2170 g/mol. The third-order valence-corrected chi connectivity index (χ3v) is 21.3. The normalized spacial score (nSPS) is 10.4. The first-order valence-electron chi connectivity index (χ1n) is 38.5. The van der Waals surface area contributed by atoms with E-state index in [1.807, 2.05) is 160 Å². The number of carbonyl (C=O) groups is 2. The van der Waals surface area contributed by atoms with Gasteiger partial charge in [-0.15, -0.1) is 17.0 Å². The summed E-state index contributed by atoms with van der Waals surface area (Å²) in [5.41, 5.74) is 12.2. The van der Waals surface area contributed by atoms with E-state index < -0.39 is 5.97 Å². The van der Waals surface area contributed by atoms with Crippen molar-refractivity contribution in [2.75, 3.05) is 7.11 Å². The molecule has 0 saturated carbocycles. The van der Waals surface area contributed by atoms with Crippen LogP contribution < -0.4 is 147 Å². The number of fused-ring (bicyclic) bond motifs is 24. The average Bonchev–Trinajstić information content (AvgIpc) is 1.46. The van der Waals surface area contributed by atoms with Gasteiger partial charge >= 0.3 is 144 Å². The number of H-pyrrole nitrogens is 1. The van der Waals surface area contributed by atoms with Crippen LogP contribution in [0.15, 0.2) is 345 Å². The van der Waals surface area contributed by atoms with Crippen LogP contribution in [-0.4, -0.2) is 112 Å². The Labute approximate surface area is 890 Å². The minimum Gasteiger partial charge on any atom is -0.508 e. The van der Waals surface area contributed by atoms with E-state index in [0.717, 1.165) is 150 Å². The average molecular weight is 2170 g/mol. The van der Waals surface area contributed by atoms with Gasteiger partial charge in [0.15, 0.2) is 0 Å². The van der Waals surface area contributed by atoms with Crippen molar-refractivity contribution in [1.29, 1.82) is 1.43 Å². The van der Waals surface area contributed by atoms with Crippen LogP contribution in [0.2, 0.25) is 5.02 Å². The van der Waals surface area contributed by atoms with Crippen LogP contribution in [0.3, 0.4) is 0 Å². The molecular formula is C98H80Br3ClCs2FN16O8+.